The minimum Gasteiger partial charge on any atom is -0.512 e. The molecular formula is C14H16O3. The van der Waals surface area contributed by atoms with Gasteiger partial charge < -0.3 is 9.84 Å². The van der Waals surface area contributed by atoms with Gasteiger partial charge in [0.2, 0.25) is 0 Å². The van der Waals surface area contributed by atoms with Crippen LogP contribution in [-0.4, -0.2) is 18.2 Å². The van der Waals surface area contributed by atoms with Crippen molar-refractivity contribution < 1.29 is 14.6 Å². The summed E-state index contributed by atoms with van der Waals surface area (Å²) in [5.74, 6) is -0.287. The third-order valence-electron chi connectivity index (χ3n) is 3.17. The molecule has 1 aromatic rings. The van der Waals surface area contributed by atoms with Gasteiger partial charge in [0.25, 0.3) is 0 Å². The summed E-state index contributed by atoms with van der Waals surface area (Å²) in [4.78, 5) is 11.7. The van der Waals surface area contributed by atoms with Crippen molar-refractivity contribution in [2.45, 2.75) is 25.2 Å². The van der Waals surface area contributed by atoms with Crippen molar-refractivity contribution in [1.82, 2.24) is 0 Å². The normalized spacial score (nSPS) is 20.2. The van der Waals surface area contributed by atoms with E-state index in [1.165, 1.54) is 7.11 Å². The number of rotatable bonds is 2. The molecule has 3 nitrogen and oxygen atoms in total. The van der Waals surface area contributed by atoms with Crippen molar-refractivity contribution in [1.29, 1.82) is 0 Å². The van der Waals surface area contributed by atoms with Gasteiger partial charge in [0, 0.05) is 12.3 Å². The van der Waals surface area contributed by atoms with E-state index >= 15 is 0 Å². The highest BCUT2D eigenvalue weighted by Gasteiger charge is 2.30. The molecular weight excluding hydrogens is 216 g/mol. The van der Waals surface area contributed by atoms with E-state index in [1.807, 2.05) is 30.3 Å². The summed E-state index contributed by atoms with van der Waals surface area (Å²) in [6.07, 6.45) is 2.33. The second kappa shape index (κ2) is 5.04. The topological polar surface area (TPSA) is 46.5 Å². The average Bonchev–Trinajstić information content (AvgIpc) is 2.38. The van der Waals surface area contributed by atoms with Crippen LogP contribution in [0.15, 0.2) is 41.7 Å². The predicted octanol–water partition coefficient (Wildman–Crippen LogP) is 2.94. The van der Waals surface area contributed by atoms with Crippen molar-refractivity contribution in [2.24, 2.45) is 0 Å². The second-order valence-corrected chi connectivity index (χ2v) is 4.21. The van der Waals surface area contributed by atoms with Crippen LogP contribution in [-0.2, 0) is 9.53 Å². The summed E-state index contributed by atoms with van der Waals surface area (Å²) < 4.78 is 4.76. The third kappa shape index (κ3) is 2.33. The quantitative estimate of drug-likeness (QED) is 0.797. The predicted molar refractivity (Wildman–Crippen MR) is 64.7 cm³/mol. The number of hydrogen-bond acceptors (Lipinski definition) is 3. The maximum absolute atomic E-state index is 11.7. The van der Waals surface area contributed by atoms with Crippen LogP contribution in [0.1, 0.15) is 30.7 Å². The summed E-state index contributed by atoms with van der Waals surface area (Å²) in [7, 11) is 1.35. The van der Waals surface area contributed by atoms with E-state index < -0.39 is 5.97 Å². The van der Waals surface area contributed by atoms with Gasteiger partial charge in [0.15, 0.2) is 0 Å². The summed E-state index contributed by atoms with van der Waals surface area (Å²) in [5, 5.41) is 9.88. The fourth-order valence-electron chi connectivity index (χ4n) is 2.34. The van der Waals surface area contributed by atoms with E-state index in [0.717, 1.165) is 18.4 Å². The molecule has 90 valence electrons. The number of hydrogen-bond donors (Lipinski definition) is 1. The molecule has 0 spiro atoms. The van der Waals surface area contributed by atoms with Crippen LogP contribution in [0.25, 0.3) is 0 Å². The molecule has 0 aliphatic heterocycles. The first-order valence-electron chi connectivity index (χ1n) is 5.79. The Balaban J connectivity index is 2.39. The number of ether oxygens (including phenoxy) is 1. The molecule has 0 saturated carbocycles. The summed E-state index contributed by atoms with van der Waals surface area (Å²) in [5.41, 5.74) is 1.48. The lowest BCUT2D eigenvalue weighted by molar-refractivity contribution is -0.136. The molecule has 1 N–H and O–H groups in total. The number of carbonyl (C=O) groups excluding carboxylic acids is 1. The minimum atomic E-state index is -0.420. The van der Waals surface area contributed by atoms with Gasteiger partial charge in [-0.25, -0.2) is 4.79 Å². The Hall–Kier alpha value is -1.77. The molecule has 0 aromatic heterocycles. The van der Waals surface area contributed by atoms with Crippen molar-refractivity contribution in [2.75, 3.05) is 7.11 Å². The van der Waals surface area contributed by atoms with Crippen molar-refractivity contribution in [3.8, 4) is 0 Å². The van der Waals surface area contributed by atoms with Crippen molar-refractivity contribution in [3.05, 3.63) is 47.2 Å². The van der Waals surface area contributed by atoms with E-state index in [9.17, 15) is 9.90 Å². The van der Waals surface area contributed by atoms with Crippen LogP contribution in [0.4, 0.5) is 0 Å². The minimum absolute atomic E-state index is 0.0441. The number of allylic oxidation sites excluding steroid dienone is 1. The number of esters is 1. The monoisotopic (exact) mass is 232 g/mol. The van der Waals surface area contributed by atoms with Crippen LogP contribution in [0.5, 0.6) is 0 Å². The fourth-order valence-corrected chi connectivity index (χ4v) is 2.34. The Labute approximate surface area is 101 Å². The number of carbonyl (C=O) groups is 1. The number of benzene rings is 1. The first kappa shape index (κ1) is 11.7. The smallest absolute Gasteiger partial charge is 0.337 e. The standard InChI is InChI=1S/C14H16O3/c1-17-14(16)13-11(8-5-9-12(13)15)10-6-3-2-4-7-10/h2-4,6-7,11,15H,5,8-9H2,1H3/t11-/m1/s1. The van der Waals surface area contributed by atoms with Gasteiger partial charge >= 0.3 is 5.97 Å². The molecule has 0 bridgehead atoms. The van der Waals surface area contributed by atoms with Gasteiger partial charge in [-0.3, -0.25) is 0 Å². The molecule has 0 amide bonds. The van der Waals surface area contributed by atoms with E-state index in [0.29, 0.717) is 12.0 Å². The zero-order chi connectivity index (χ0) is 12.3. The molecule has 0 saturated heterocycles. The average molecular weight is 232 g/mol. The molecule has 1 aliphatic carbocycles. The maximum Gasteiger partial charge on any atom is 0.337 e. The summed E-state index contributed by atoms with van der Waals surface area (Å²) >= 11 is 0. The largest absolute Gasteiger partial charge is 0.512 e. The second-order valence-electron chi connectivity index (χ2n) is 4.21. The van der Waals surface area contributed by atoms with Gasteiger partial charge in [-0.2, -0.15) is 0 Å². The molecule has 0 unspecified atom stereocenters. The van der Waals surface area contributed by atoms with Crippen LogP contribution in [0, 0.1) is 0 Å². The molecule has 3 heteroatoms. The maximum atomic E-state index is 11.7. The number of aliphatic hydroxyl groups excluding tert-OH is 1. The van der Waals surface area contributed by atoms with E-state index in [2.05, 4.69) is 0 Å². The molecule has 0 radical (unpaired) electrons. The van der Waals surface area contributed by atoms with Crippen LogP contribution in [0.2, 0.25) is 0 Å². The zero-order valence-corrected chi connectivity index (χ0v) is 9.85. The van der Waals surface area contributed by atoms with Crippen LogP contribution >= 0.6 is 0 Å². The summed E-state index contributed by atoms with van der Waals surface area (Å²) in [6.45, 7) is 0. The lowest BCUT2D eigenvalue weighted by atomic mass is 9.81. The van der Waals surface area contributed by atoms with E-state index in [1.54, 1.807) is 0 Å². The Bertz CT molecular complexity index is 434. The van der Waals surface area contributed by atoms with Gasteiger partial charge in [0.05, 0.1) is 12.7 Å². The molecule has 1 aromatic carbocycles. The Morgan fingerprint density at radius 2 is 2.06 bits per heavy atom. The van der Waals surface area contributed by atoms with Gasteiger partial charge in [0.1, 0.15) is 5.76 Å². The molecule has 0 fully saturated rings. The Morgan fingerprint density at radius 1 is 1.35 bits per heavy atom. The lowest BCUT2D eigenvalue weighted by Crippen LogP contribution is -2.19. The van der Waals surface area contributed by atoms with Gasteiger partial charge in [-0.1, -0.05) is 30.3 Å². The third-order valence-corrected chi connectivity index (χ3v) is 3.17. The molecule has 17 heavy (non-hydrogen) atoms. The molecule has 1 atom stereocenters. The van der Waals surface area contributed by atoms with Gasteiger partial charge in [-0.05, 0) is 18.4 Å². The summed E-state index contributed by atoms with van der Waals surface area (Å²) in [6, 6.07) is 9.78. The van der Waals surface area contributed by atoms with Crippen molar-refractivity contribution >= 4 is 5.97 Å². The lowest BCUT2D eigenvalue weighted by Gasteiger charge is -2.24. The highest BCUT2D eigenvalue weighted by molar-refractivity contribution is 5.91. The Kier molecular flexibility index (Phi) is 3.47. The fraction of sp³-hybridized carbons (Fsp3) is 0.357. The molecule has 0 heterocycles. The zero-order valence-electron chi connectivity index (χ0n) is 9.85. The van der Waals surface area contributed by atoms with Crippen molar-refractivity contribution in [3.63, 3.8) is 0 Å². The Morgan fingerprint density at radius 3 is 2.71 bits per heavy atom. The molecule has 2 rings (SSSR count). The first-order valence-corrected chi connectivity index (χ1v) is 5.79. The number of methoxy groups -OCH3 is 1. The van der Waals surface area contributed by atoms with Crippen LogP contribution < -0.4 is 0 Å². The molecule has 1 aliphatic rings. The SMILES string of the molecule is COC(=O)C1=C(O)CCC[C@@H]1c1ccccc1. The highest BCUT2D eigenvalue weighted by Crippen LogP contribution is 2.37. The van der Waals surface area contributed by atoms with Crippen LogP contribution in [0.3, 0.4) is 0 Å². The van der Waals surface area contributed by atoms with E-state index in [-0.39, 0.29) is 11.7 Å². The first-order chi connectivity index (χ1) is 8.24. The van der Waals surface area contributed by atoms with Gasteiger partial charge in [-0.15, -0.1) is 0 Å². The number of aliphatic hydroxyl groups is 1. The highest BCUT2D eigenvalue weighted by atomic mass is 16.5. The van der Waals surface area contributed by atoms with E-state index in [4.69, 9.17) is 4.74 Å².